The molecule has 0 heterocycles. The topological polar surface area (TPSA) is 49.3 Å². The van der Waals surface area contributed by atoms with Crippen LogP contribution in [0.5, 0.6) is 0 Å². The Bertz CT molecular complexity index is 229. The number of carboxylic acid groups (broad SMARTS) is 1. The van der Waals surface area contributed by atoms with Gasteiger partial charge in [-0.05, 0) is 50.5 Å². The number of nitrogens with one attached hydrogen (secondary N) is 1. The van der Waals surface area contributed by atoms with Gasteiger partial charge in [0.1, 0.15) is 6.04 Å². The molecule has 2 N–H and O–H groups in total. The highest BCUT2D eigenvalue weighted by Gasteiger charge is 2.39. The summed E-state index contributed by atoms with van der Waals surface area (Å²) in [7, 11) is 0. The van der Waals surface area contributed by atoms with Gasteiger partial charge in [-0.25, -0.2) is 0 Å². The fraction of sp³-hybridized carbons (Fsp3) is 0.909. The maximum Gasteiger partial charge on any atom is 0.320 e. The van der Waals surface area contributed by atoms with Gasteiger partial charge in [-0.2, -0.15) is 0 Å². The molecule has 3 nitrogen and oxygen atoms in total. The molecule has 0 radical (unpaired) electrons. The Morgan fingerprint density at radius 3 is 2.79 bits per heavy atom. The Kier molecular flexibility index (Phi) is 2.77. The van der Waals surface area contributed by atoms with Crippen LogP contribution in [-0.4, -0.2) is 23.7 Å². The number of aliphatic carboxylic acids is 1. The van der Waals surface area contributed by atoms with E-state index in [1.165, 1.54) is 25.7 Å². The standard InChI is InChI=1S/C11H19NO2/c1-7(11(13)14)12-6-10-5-8-2-3-9(10)4-8/h7-10,12H,2-6H2,1H3,(H,13,14)/t7-,8?,9?,10?/m1/s1. The molecule has 14 heavy (non-hydrogen) atoms. The van der Waals surface area contributed by atoms with Crippen LogP contribution in [0.25, 0.3) is 0 Å². The van der Waals surface area contributed by atoms with E-state index in [0.29, 0.717) is 0 Å². The lowest BCUT2D eigenvalue weighted by atomic mass is 9.89. The van der Waals surface area contributed by atoms with Crippen LogP contribution < -0.4 is 5.32 Å². The van der Waals surface area contributed by atoms with Crippen molar-refractivity contribution in [2.45, 2.75) is 38.6 Å². The maximum absolute atomic E-state index is 10.6. The first-order chi connectivity index (χ1) is 6.66. The average Bonchev–Trinajstić information content (AvgIpc) is 2.74. The van der Waals surface area contributed by atoms with Gasteiger partial charge in [-0.15, -0.1) is 0 Å². The lowest BCUT2D eigenvalue weighted by Crippen LogP contribution is -2.38. The molecule has 0 aromatic carbocycles. The van der Waals surface area contributed by atoms with Crippen molar-refractivity contribution in [1.29, 1.82) is 0 Å². The zero-order valence-corrected chi connectivity index (χ0v) is 8.70. The van der Waals surface area contributed by atoms with Gasteiger partial charge in [0, 0.05) is 0 Å². The number of fused-ring (bicyclic) bond motifs is 2. The third kappa shape index (κ3) is 1.92. The Morgan fingerprint density at radius 1 is 1.50 bits per heavy atom. The first kappa shape index (κ1) is 9.97. The monoisotopic (exact) mass is 197 g/mol. The van der Waals surface area contributed by atoms with Crippen molar-refractivity contribution >= 4 is 5.97 Å². The number of rotatable bonds is 4. The smallest absolute Gasteiger partial charge is 0.320 e. The molecule has 2 saturated carbocycles. The van der Waals surface area contributed by atoms with Crippen molar-refractivity contribution in [3.05, 3.63) is 0 Å². The van der Waals surface area contributed by atoms with Gasteiger partial charge >= 0.3 is 5.97 Å². The largest absolute Gasteiger partial charge is 0.480 e. The summed E-state index contributed by atoms with van der Waals surface area (Å²) in [4.78, 5) is 10.6. The molecule has 0 amide bonds. The lowest BCUT2D eigenvalue weighted by molar-refractivity contribution is -0.139. The summed E-state index contributed by atoms with van der Waals surface area (Å²) in [6.45, 7) is 2.62. The van der Waals surface area contributed by atoms with Crippen molar-refractivity contribution in [1.82, 2.24) is 5.32 Å². The number of carboxylic acids is 1. The van der Waals surface area contributed by atoms with Crippen LogP contribution in [0.2, 0.25) is 0 Å². The van der Waals surface area contributed by atoms with Crippen LogP contribution in [0.3, 0.4) is 0 Å². The second-order valence-corrected chi connectivity index (χ2v) is 4.90. The predicted octanol–water partition coefficient (Wildman–Crippen LogP) is 1.49. The molecule has 0 spiro atoms. The van der Waals surface area contributed by atoms with Crippen LogP contribution in [0.1, 0.15) is 32.6 Å². The summed E-state index contributed by atoms with van der Waals surface area (Å²) < 4.78 is 0. The van der Waals surface area contributed by atoms with Crippen LogP contribution in [0, 0.1) is 17.8 Å². The summed E-state index contributed by atoms with van der Waals surface area (Å²) in [6.07, 6.45) is 5.51. The Morgan fingerprint density at radius 2 is 2.29 bits per heavy atom. The van der Waals surface area contributed by atoms with Gasteiger partial charge in [-0.3, -0.25) is 4.79 Å². The van der Waals surface area contributed by atoms with Crippen molar-refractivity contribution in [2.24, 2.45) is 17.8 Å². The van der Waals surface area contributed by atoms with E-state index in [-0.39, 0.29) is 0 Å². The summed E-state index contributed by atoms with van der Waals surface area (Å²) in [5.74, 6) is 1.84. The van der Waals surface area contributed by atoms with Crippen LogP contribution in [0.15, 0.2) is 0 Å². The Balaban J connectivity index is 1.74. The Labute approximate surface area is 84.9 Å². The van der Waals surface area contributed by atoms with Gasteiger partial charge in [0.2, 0.25) is 0 Å². The van der Waals surface area contributed by atoms with Crippen LogP contribution >= 0.6 is 0 Å². The van der Waals surface area contributed by atoms with Gasteiger partial charge in [-0.1, -0.05) is 6.42 Å². The number of carbonyl (C=O) groups is 1. The highest BCUT2D eigenvalue weighted by atomic mass is 16.4. The molecule has 2 bridgehead atoms. The molecule has 0 aromatic heterocycles. The first-order valence-corrected chi connectivity index (χ1v) is 5.63. The average molecular weight is 197 g/mol. The summed E-state index contributed by atoms with van der Waals surface area (Å²) in [5, 5.41) is 11.8. The molecule has 2 rings (SSSR count). The second kappa shape index (κ2) is 3.89. The molecule has 2 aliphatic rings. The zero-order valence-electron chi connectivity index (χ0n) is 8.70. The molecule has 0 aromatic rings. The highest BCUT2D eigenvalue weighted by molar-refractivity contribution is 5.72. The molecule has 0 aliphatic heterocycles. The first-order valence-electron chi connectivity index (χ1n) is 5.63. The van der Waals surface area contributed by atoms with Crippen LogP contribution in [0.4, 0.5) is 0 Å². The Hall–Kier alpha value is -0.570. The van der Waals surface area contributed by atoms with E-state index in [0.717, 1.165) is 24.3 Å². The molecule has 2 aliphatic carbocycles. The van der Waals surface area contributed by atoms with E-state index in [1.807, 2.05) is 0 Å². The van der Waals surface area contributed by atoms with E-state index in [4.69, 9.17) is 5.11 Å². The normalized spacial score (nSPS) is 37.4. The number of hydrogen-bond acceptors (Lipinski definition) is 2. The molecule has 3 heteroatoms. The van der Waals surface area contributed by atoms with E-state index < -0.39 is 12.0 Å². The third-order valence-electron chi connectivity index (χ3n) is 3.94. The summed E-state index contributed by atoms with van der Waals surface area (Å²) >= 11 is 0. The molecule has 3 unspecified atom stereocenters. The quantitative estimate of drug-likeness (QED) is 0.717. The predicted molar refractivity (Wildman–Crippen MR) is 54.0 cm³/mol. The van der Waals surface area contributed by atoms with E-state index >= 15 is 0 Å². The van der Waals surface area contributed by atoms with Crippen LogP contribution in [-0.2, 0) is 4.79 Å². The van der Waals surface area contributed by atoms with E-state index in [9.17, 15) is 4.79 Å². The third-order valence-corrected chi connectivity index (χ3v) is 3.94. The zero-order chi connectivity index (χ0) is 10.1. The number of hydrogen-bond donors (Lipinski definition) is 2. The lowest BCUT2D eigenvalue weighted by Gasteiger charge is -2.22. The van der Waals surface area contributed by atoms with Crippen molar-refractivity contribution < 1.29 is 9.90 Å². The SMILES string of the molecule is C[C@@H](NCC1CC2CCC1C2)C(=O)O. The molecule has 0 saturated heterocycles. The van der Waals surface area contributed by atoms with Crippen molar-refractivity contribution in [3.63, 3.8) is 0 Å². The van der Waals surface area contributed by atoms with Gasteiger partial charge in [0.25, 0.3) is 0 Å². The minimum Gasteiger partial charge on any atom is -0.480 e. The minimum atomic E-state index is -0.742. The fourth-order valence-electron chi connectivity index (χ4n) is 3.04. The summed E-state index contributed by atoms with van der Waals surface area (Å²) in [6, 6.07) is -0.394. The van der Waals surface area contributed by atoms with Crippen molar-refractivity contribution in [2.75, 3.05) is 6.54 Å². The van der Waals surface area contributed by atoms with E-state index in [2.05, 4.69) is 5.32 Å². The second-order valence-electron chi connectivity index (χ2n) is 4.90. The molecule has 4 atom stereocenters. The minimum absolute atomic E-state index is 0.394. The molecule has 2 fully saturated rings. The maximum atomic E-state index is 10.6. The summed E-state index contributed by atoms with van der Waals surface area (Å²) in [5.41, 5.74) is 0. The van der Waals surface area contributed by atoms with Gasteiger partial charge in [0.05, 0.1) is 0 Å². The van der Waals surface area contributed by atoms with Gasteiger partial charge in [0.15, 0.2) is 0 Å². The molecule has 80 valence electrons. The van der Waals surface area contributed by atoms with Gasteiger partial charge < -0.3 is 10.4 Å². The van der Waals surface area contributed by atoms with E-state index in [1.54, 1.807) is 6.92 Å². The molecular formula is C11H19NO2. The molecular weight excluding hydrogens is 178 g/mol. The fourth-order valence-corrected chi connectivity index (χ4v) is 3.04. The van der Waals surface area contributed by atoms with Crippen molar-refractivity contribution in [3.8, 4) is 0 Å². The highest BCUT2D eigenvalue weighted by Crippen LogP contribution is 2.47.